The van der Waals surface area contributed by atoms with Crippen molar-refractivity contribution in [1.82, 2.24) is 0 Å². The molecule has 0 radical (unpaired) electrons. The number of rotatable bonds is 0. The lowest BCUT2D eigenvalue weighted by Gasteiger charge is -2.24. The van der Waals surface area contributed by atoms with E-state index < -0.39 is 58.6 Å². The van der Waals surface area contributed by atoms with E-state index in [1.165, 1.54) is 0 Å². The van der Waals surface area contributed by atoms with Gasteiger partial charge in [0.1, 0.15) is 33.9 Å². The van der Waals surface area contributed by atoms with Crippen LogP contribution in [0.5, 0.6) is 0 Å². The van der Waals surface area contributed by atoms with Gasteiger partial charge in [0.2, 0.25) is 0 Å². The highest BCUT2D eigenvalue weighted by atomic mass is 19.4. The minimum atomic E-state index is -6.56. The third-order valence-electron chi connectivity index (χ3n) is 2.51. The van der Waals surface area contributed by atoms with Gasteiger partial charge in [-0.3, -0.25) is 0 Å². The maximum absolute atomic E-state index is 13.4. The summed E-state index contributed by atoms with van der Waals surface area (Å²) in [6, 6.07) is 0. The van der Waals surface area contributed by atoms with Crippen molar-refractivity contribution in [3.63, 3.8) is 0 Å². The van der Waals surface area contributed by atoms with E-state index in [1.807, 2.05) is 0 Å². The van der Waals surface area contributed by atoms with E-state index in [-0.39, 0.29) is 0 Å². The second kappa shape index (κ2) is 5.37. The van der Waals surface area contributed by atoms with Crippen molar-refractivity contribution in [2.24, 2.45) is 0 Å². The molecule has 0 heterocycles. The number of halogens is 14. The molecular formula is C10F14. The fourth-order valence-corrected chi connectivity index (χ4v) is 1.75. The molecule has 24 heavy (non-hydrogen) atoms. The van der Waals surface area contributed by atoms with E-state index in [1.54, 1.807) is 0 Å². The highest BCUT2D eigenvalue weighted by molar-refractivity contribution is 5.47. The Morgan fingerprint density at radius 3 is 0.542 bits per heavy atom. The third kappa shape index (κ3) is 3.50. The molecule has 0 unspecified atom stereocenters. The van der Waals surface area contributed by atoms with Crippen molar-refractivity contribution >= 4 is 0 Å². The monoisotopic (exact) mass is 386 g/mol. The first-order valence-electron chi connectivity index (χ1n) is 5.15. The van der Waals surface area contributed by atoms with Crippen LogP contribution in [-0.2, 0) is 24.7 Å². The summed E-state index contributed by atoms with van der Waals surface area (Å²) in [4.78, 5) is 0. The number of alkyl halides is 12. The SMILES string of the molecule is Fc1c(C(F)(F)F)c(C(F)(F)F)c(F)c(C(F)(F)F)c1C(F)(F)F. The van der Waals surface area contributed by atoms with Gasteiger partial charge < -0.3 is 0 Å². The molecule has 0 saturated carbocycles. The number of benzene rings is 1. The van der Waals surface area contributed by atoms with Gasteiger partial charge in [-0.05, 0) is 0 Å². The smallest absolute Gasteiger partial charge is 0.206 e. The van der Waals surface area contributed by atoms with Crippen LogP contribution in [0.2, 0.25) is 0 Å². The van der Waals surface area contributed by atoms with Crippen molar-refractivity contribution in [2.45, 2.75) is 24.7 Å². The molecule has 0 amide bonds. The maximum atomic E-state index is 13.4. The van der Waals surface area contributed by atoms with E-state index in [2.05, 4.69) is 0 Å². The van der Waals surface area contributed by atoms with E-state index in [0.29, 0.717) is 0 Å². The Hall–Kier alpha value is -1.76. The Labute approximate surface area is 121 Å². The highest BCUT2D eigenvalue weighted by Crippen LogP contribution is 2.51. The molecule has 1 aromatic carbocycles. The summed E-state index contributed by atoms with van der Waals surface area (Å²) in [7, 11) is 0. The van der Waals surface area contributed by atoms with Crippen LogP contribution in [0.4, 0.5) is 61.5 Å². The van der Waals surface area contributed by atoms with Crippen molar-refractivity contribution in [1.29, 1.82) is 0 Å². The molecule has 0 bridgehead atoms. The largest absolute Gasteiger partial charge is 0.419 e. The predicted molar refractivity (Wildman–Crippen MR) is 46.4 cm³/mol. The molecule has 0 atom stereocenters. The van der Waals surface area contributed by atoms with E-state index in [9.17, 15) is 61.5 Å². The molecule has 0 saturated heterocycles. The maximum Gasteiger partial charge on any atom is 0.419 e. The standard InChI is InChI=1S/C10F14/c11-5-1(7(13,14)15)2(8(16,17)18)6(12)4(10(22,23)24)3(5)9(19,20)21. The van der Waals surface area contributed by atoms with Gasteiger partial charge in [-0.25, -0.2) is 8.78 Å². The topological polar surface area (TPSA) is 0 Å². The summed E-state index contributed by atoms with van der Waals surface area (Å²) in [6.07, 6.45) is -26.2. The molecule has 0 aliphatic carbocycles. The van der Waals surface area contributed by atoms with Gasteiger partial charge in [0.05, 0.1) is 0 Å². The molecule has 1 aromatic rings. The summed E-state index contributed by atoms with van der Waals surface area (Å²) >= 11 is 0. The zero-order valence-electron chi connectivity index (χ0n) is 10.3. The first-order chi connectivity index (χ1) is 10.3. The van der Waals surface area contributed by atoms with Crippen LogP contribution in [0.25, 0.3) is 0 Å². The Bertz CT molecular complexity index is 528. The van der Waals surface area contributed by atoms with Crippen LogP contribution < -0.4 is 0 Å². The fourth-order valence-electron chi connectivity index (χ4n) is 1.75. The highest BCUT2D eigenvalue weighted by Gasteiger charge is 2.57. The molecule has 0 N–H and O–H groups in total. The van der Waals surface area contributed by atoms with Crippen molar-refractivity contribution in [3.8, 4) is 0 Å². The van der Waals surface area contributed by atoms with Crippen LogP contribution in [0, 0.1) is 11.6 Å². The van der Waals surface area contributed by atoms with Gasteiger partial charge in [-0.2, -0.15) is 52.7 Å². The Morgan fingerprint density at radius 2 is 0.458 bits per heavy atom. The second-order valence-corrected chi connectivity index (χ2v) is 4.12. The fraction of sp³-hybridized carbons (Fsp3) is 0.400. The van der Waals surface area contributed by atoms with E-state index >= 15 is 0 Å². The third-order valence-corrected chi connectivity index (χ3v) is 2.51. The van der Waals surface area contributed by atoms with Crippen LogP contribution in [0.1, 0.15) is 22.3 Å². The van der Waals surface area contributed by atoms with E-state index in [4.69, 9.17) is 0 Å². The normalized spacial score (nSPS) is 14.2. The van der Waals surface area contributed by atoms with Crippen LogP contribution in [0.3, 0.4) is 0 Å². The summed E-state index contributed by atoms with van der Waals surface area (Å²) in [5.74, 6) is -7.84. The average molecular weight is 386 g/mol. The first kappa shape index (κ1) is 20.3. The molecule has 0 nitrogen and oxygen atoms in total. The van der Waals surface area contributed by atoms with Gasteiger partial charge in [0, 0.05) is 0 Å². The second-order valence-electron chi connectivity index (χ2n) is 4.12. The van der Waals surface area contributed by atoms with Crippen LogP contribution >= 0.6 is 0 Å². The quantitative estimate of drug-likeness (QED) is 0.477. The van der Waals surface area contributed by atoms with E-state index in [0.717, 1.165) is 0 Å². The zero-order valence-corrected chi connectivity index (χ0v) is 10.3. The predicted octanol–water partition coefficient (Wildman–Crippen LogP) is 6.04. The van der Waals surface area contributed by atoms with Crippen molar-refractivity contribution in [3.05, 3.63) is 33.9 Å². The van der Waals surface area contributed by atoms with Crippen molar-refractivity contribution < 1.29 is 61.5 Å². The molecular weight excluding hydrogens is 386 g/mol. The molecule has 0 aliphatic heterocycles. The Morgan fingerprint density at radius 1 is 0.333 bits per heavy atom. The van der Waals surface area contributed by atoms with Gasteiger partial charge in [0.25, 0.3) is 0 Å². The van der Waals surface area contributed by atoms with Gasteiger partial charge >= 0.3 is 24.7 Å². The molecule has 0 fully saturated rings. The van der Waals surface area contributed by atoms with Gasteiger partial charge in [0.15, 0.2) is 0 Å². The van der Waals surface area contributed by atoms with Crippen molar-refractivity contribution in [2.75, 3.05) is 0 Å². The summed E-state index contributed by atoms with van der Waals surface area (Å²) in [5, 5.41) is 0. The summed E-state index contributed by atoms with van der Waals surface area (Å²) in [6.45, 7) is 0. The lowest BCUT2D eigenvalue weighted by Crippen LogP contribution is -2.29. The summed E-state index contributed by atoms with van der Waals surface area (Å²) in [5.41, 5.74) is -15.3. The molecule has 14 heteroatoms. The Balaban J connectivity index is 4.28. The van der Waals surface area contributed by atoms with Gasteiger partial charge in [-0.15, -0.1) is 0 Å². The lowest BCUT2D eigenvalue weighted by molar-refractivity contribution is -0.177. The molecule has 138 valence electrons. The van der Waals surface area contributed by atoms with Crippen LogP contribution in [0.15, 0.2) is 0 Å². The zero-order chi connectivity index (χ0) is 19.5. The minimum Gasteiger partial charge on any atom is -0.206 e. The summed E-state index contributed by atoms with van der Waals surface area (Å²) < 4.78 is 176. The number of hydrogen-bond donors (Lipinski definition) is 0. The average Bonchev–Trinajstić information content (AvgIpc) is 2.24. The van der Waals surface area contributed by atoms with Crippen LogP contribution in [-0.4, -0.2) is 0 Å². The Kier molecular flexibility index (Phi) is 4.54. The molecule has 0 aromatic heterocycles. The number of hydrogen-bond acceptors (Lipinski definition) is 0. The molecule has 0 spiro atoms. The first-order valence-corrected chi connectivity index (χ1v) is 5.15. The minimum absolute atomic E-state index is 3.83. The molecule has 1 rings (SSSR count). The lowest BCUT2D eigenvalue weighted by atomic mass is 9.94. The molecule has 0 aliphatic rings. The van der Waals surface area contributed by atoms with Gasteiger partial charge in [-0.1, -0.05) is 0 Å².